The molecule has 0 spiro atoms. The van der Waals surface area contributed by atoms with E-state index in [4.69, 9.17) is 0 Å². The summed E-state index contributed by atoms with van der Waals surface area (Å²) in [6.45, 7) is 0. The Morgan fingerprint density at radius 2 is 2.14 bits per heavy atom. The number of fused-ring (bicyclic) bond motifs is 3. The highest BCUT2D eigenvalue weighted by Crippen LogP contribution is 2.33. The summed E-state index contributed by atoms with van der Waals surface area (Å²) >= 11 is 1.83. The van der Waals surface area contributed by atoms with E-state index in [1.807, 2.05) is 17.5 Å². The fraction of sp³-hybridized carbons (Fsp3) is 0.455. The summed E-state index contributed by atoms with van der Waals surface area (Å²) in [4.78, 5) is 10.8. The maximum Gasteiger partial charge on any atom is 0.199 e. The third kappa shape index (κ3) is 1.23. The topological polar surface area (TPSA) is 25.8 Å². The fourth-order valence-corrected chi connectivity index (χ4v) is 3.32. The van der Waals surface area contributed by atoms with Gasteiger partial charge in [-0.15, -0.1) is 11.3 Å². The van der Waals surface area contributed by atoms with Crippen molar-refractivity contribution in [1.29, 1.82) is 0 Å². The van der Waals surface area contributed by atoms with Gasteiger partial charge in [0.2, 0.25) is 0 Å². The number of aromatic nitrogens is 2. The minimum absolute atomic E-state index is 1.12. The van der Waals surface area contributed by atoms with Crippen LogP contribution in [0.25, 0.3) is 10.2 Å². The fourth-order valence-electron chi connectivity index (χ4n) is 2.14. The van der Waals surface area contributed by atoms with Crippen LogP contribution < -0.4 is 0 Å². The molecule has 2 aromatic heterocycles. The van der Waals surface area contributed by atoms with E-state index in [1.54, 1.807) is 0 Å². The van der Waals surface area contributed by atoms with Gasteiger partial charge in [0.25, 0.3) is 0 Å². The SMILES string of the molecule is [c]1ncc2c3c(sc2n1)CCCCC3. The maximum atomic E-state index is 4.20. The molecule has 3 rings (SSSR count). The molecule has 0 atom stereocenters. The Morgan fingerprint density at radius 1 is 1.21 bits per heavy atom. The van der Waals surface area contributed by atoms with Crippen LogP contribution in [-0.4, -0.2) is 9.97 Å². The minimum atomic E-state index is 1.12. The van der Waals surface area contributed by atoms with E-state index in [1.165, 1.54) is 47.9 Å². The molecule has 1 radical (unpaired) electrons. The Bertz CT molecular complexity index is 461. The van der Waals surface area contributed by atoms with Crippen LogP contribution in [0.4, 0.5) is 0 Å². The second kappa shape index (κ2) is 3.31. The lowest BCUT2D eigenvalue weighted by Crippen LogP contribution is -1.84. The summed E-state index contributed by atoms with van der Waals surface area (Å²) < 4.78 is 0. The molecule has 71 valence electrons. The standard InChI is InChI=1S/C11H11N2S/c1-2-4-8-9-6-12-7-13-11(9)14-10(8)5-3-1/h6H,1-5H2. The Hall–Kier alpha value is -0.960. The number of aryl methyl sites for hydroxylation is 2. The average molecular weight is 203 g/mol. The van der Waals surface area contributed by atoms with Gasteiger partial charge in [0.15, 0.2) is 6.33 Å². The number of rotatable bonds is 0. The lowest BCUT2D eigenvalue weighted by molar-refractivity contribution is 0.713. The second-order valence-electron chi connectivity index (χ2n) is 3.75. The predicted molar refractivity (Wildman–Crippen MR) is 57.5 cm³/mol. The van der Waals surface area contributed by atoms with Crippen molar-refractivity contribution in [1.82, 2.24) is 9.97 Å². The van der Waals surface area contributed by atoms with Crippen molar-refractivity contribution in [3.8, 4) is 0 Å². The molecule has 1 aliphatic carbocycles. The molecule has 0 saturated carbocycles. The third-order valence-electron chi connectivity index (χ3n) is 2.85. The lowest BCUT2D eigenvalue weighted by Gasteiger charge is -1.96. The van der Waals surface area contributed by atoms with E-state index in [9.17, 15) is 0 Å². The summed E-state index contributed by atoms with van der Waals surface area (Å²) in [5, 5.41) is 1.27. The van der Waals surface area contributed by atoms with Gasteiger partial charge in [0, 0.05) is 16.5 Å². The zero-order chi connectivity index (χ0) is 9.38. The summed E-state index contributed by atoms with van der Waals surface area (Å²) in [5.41, 5.74) is 1.51. The quantitative estimate of drug-likeness (QED) is 0.615. The van der Waals surface area contributed by atoms with E-state index >= 15 is 0 Å². The number of nitrogens with zero attached hydrogens (tertiary/aromatic N) is 2. The van der Waals surface area contributed by atoms with E-state index in [2.05, 4.69) is 16.3 Å². The highest BCUT2D eigenvalue weighted by atomic mass is 32.1. The monoisotopic (exact) mass is 203 g/mol. The molecule has 0 amide bonds. The molecule has 0 aliphatic heterocycles. The van der Waals surface area contributed by atoms with Gasteiger partial charge < -0.3 is 0 Å². The van der Waals surface area contributed by atoms with Crippen LogP contribution in [0.15, 0.2) is 6.20 Å². The molecular formula is C11H11N2S. The number of thiophene rings is 1. The van der Waals surface area contributed by atoms with Gasteiger partial charge in [0.1, 0.15) is 4.83 Å². The molecule has 0 aromatic carbocycles. The van der Waals surface area contributed by atoms with Gasteiger partial charge in [-0.3, -0.25) is 0 Å². The van der Waals surface area contributed by atoms with Gasteiger partial charge in [0.05, 0.1) is 0 Å². The van der Waals surface area contributed by atoms with Crippen molar-refractivity contribution >= 4 is 21.6 Å². The van der Waals surface area contributed by atoms with Gasteiger partial charge in [-0.05, 0) is 31.2 Å². The molecule has 0 fully saturated rings. The van der Waals surface area contributed by atoms with Crippen molar-refractivity contribution in [2.75, 3.05) is 0 Å². The van der Waals surface area contributed by atoms with Gasteiger partial charge in [-0.25, -0.2) is 9.97 Å². The summed E-state index contributed by atoms with van der Waals surface area (Å²) in [5.74, 6) is 0. The summed E-state index contributed by atoms with van der Waals surface area (Å²) in [7, 11) is 0. The van der Waals surface area contributed by atoms with Crippen LogP contribution in [-0.2, 0) is 12.8 Å². The summed E-state index contributed by atoms with van der Waals surface area (Å²) in [6.07, 6.45) is 11.0. The molecular weight excluding hydrogens is 192 g/mol. The third-order valence-corrected chi connectivity index (χ3v) is 4.05. The molecule has 0 bridgehead atoms. The zero-order valence-corrected chi connectivity index (χ0v) is 8.73. The average Bonchev–Trinajstić information content (AvgIpc) is 2.42. The Balaban J connectivity index is 2.24. The van der Waals surface area contributed by atoms with E-state index in [0.29, 0.717) is 0 Å². The van der Waals surface area contributed by atoms with Crippen LogP contribution in [0.3, 0.4) is 0 Å². The summed E-state index contributed by atoms with van der Waals surface area (Å²) in [6, 6.07) is 0. The van der Waals surface area contributed by atoms with Crippen LogP contribution in [0.5, 0.6) is 0 Å². The number of hydrogen-bond acceptors (Lipinski definition) is 3. The van der Waals surface area contributed by atoms with Crippen molar-refractivity contribution < 1.29 is 0 Å². The molecule has 1 aliphatic rings. The molecule has 2 nitrogen and oxygen atoms in total. The van der Waals surface area contributed by atoms with Gasteiger partial charge >= 0.3 is 0 Å². The molecule has 0 unspecified atom stereocenters. The molecule has 14 heavy (non-hydrogen) atoms. The van der Waals surface area contributed by atoms with E-state index in [0.717, 1.165) is 4.83 Å². The Morgan fingerprint density at radius 3 is 3.14 bits per heavy atom. The second-order valence-corrected chi connectivity index (χ2v) is 4.84. The maximum absolute atomic E-state index is 4.20. The van der Waals surface area contributed by atoms with Crippen molar-refractivity contribution in [3.05, 3.63) is 23.0 Å². The predicted octanol–water partition coefficient (Wildman–Crippen LogP) is 2.76. The first-order valence-electron chi connectivity index (χ1n) is 5.08. The highest BCUT2D eigenvalue weighted by molar-refractivity contribution is 7.18. The van der Waals surface area contributed by atoms with Crippen LogP contribution >= 0.6 is 11.3 Å². The molecule has 2 heterocycles. The first-order valence-corrected chi connectivity index (χ1v) is 5.90. The molecule has 3 heteroatoms. The van der Waals surface area contributed by atoms with Crippen LogP contribution in [0, 0.1) is 6.33 Å². The lowest BCUT2D eigenvalue weighted by atomic mass is 10.1. The Labute approximate surface area is 87.0 Å². The van der Waals surface area contributed by atoms with Crippen molar-refractivity contribution in [2.45, 2.75) is 32.1 Å². The first-order chi connectivity index (χ1) is 6.95. The van der Waals surface area contributed by atoms with Crippen molar-refractivity contribution in [3.63, 3.8) is 0 Å². The minimum Gasteiger partial charge on any atom is -0.233 e. The van der Waals surface area contributed by atoms with Crippen LogP contribution in [0.1, 0.15) is 29.7 Å². The van der Waals surface area contributed by atoms with Crippen LogP contribution in [0.2, 0.25) is 0 Å². The highest BCUT2D eigenvalue weighted by Gasteiger charge is 2.14. The van der Waals surface area contributed by atoms with Gasteiger partial charge in [-0.2, -0.15) is 0 Å². The number of hydrogen-bond donors (Lipinski definition) is 0. The first kappa shape index (κ1) is 8.36. The van der Waals surface area contributed by atoms with E-state index < -0.39 is 0 Å². The zero-order valence-electron chi connectivity index (χ0n) is 7.92. The van der Waals surface area contributed by atoms with Gasteiger partial charge in [-0.1, -0.05) is 6.42 Å². The largest absolute Gasteiger partial charge is 0.233 e. The smallest absolute Gasteiger partial charge is 0.199 e. The Kier molecular flexibility index (Phi) is 1.98. The normalized spacial score (nSPS) is 16.6. The van der Waals surface area contributed by atoms with E-state index in [-0.39, 0.29) is 0 Å². The van der Waals surface area contributed by atoms with Crippen molar-refractivity contribution in [2.24, 2.45) is 0 Å². The molecule has 0 N–H and O–H groups in total. The molecule has 2 aromatic rings. The molecule has 0 saturated heterocycles.